The molecule has 0 bridgehead atoms. The lowest BCUT2D eigenvalue weighted by Gasteiger charge is -2.27. The Labute approximate surface area is 175 Å². The Morgan fingerprint density at radius 2 is 1.93 bits per heavy atom. The van der Waals surface area contributed by atoms with Crippen LogP contribution in [0.2, 0.25) is 5.02 Å². The first kappa shape index (κ1) is 21.4. The van der Waals surface area contributed by atoms with Gasteiger partial charge < -0.3 is 4.84 Å². The second-order valence-corrected chi connectivity index (χ2v) is 8.60. The Kier molecular flexibility index (Phi) is 8.88. The topological polar surface area (TPSA) is 24.8 Å². The third kappa shape index (κ3) is 6.63. The summed E-state index contributed by atoms with van der Waals surface area (Å²) in [5.41, 5.74) is 3.72. The van der Waals surface area contributed by atoms with Crippen molar-refractivity contribution in [2.75, 3.05) is 26.2 Å². The second kappa shape index (κ2) is 11.6. The zero-order valence-electron chi connectivity index (χ0n) is 17.3. The van der Waals surface area contributed by atoms with Crippen molar-refractivity contribution < 1.29 is 4.84 Å². The number of likely N-dealkylation sites (tertiary alicyclic amines) is 1. The van der Waals surface area contributed by atoms with Crippen molar-refractivity contribution in [1.29, 1.82) is 0 Å². The number of piperidine rings is 1. The maximum atomic E-state index is 6.04. The van der Waals surface area contributed by atoms with E-state index in [9.17, 15) is 0 Å². The Morgan fingerprint density at radius 1 is 1.14 bits per heavy atom. The molecule has 3 nitrogen and oxygen atoms in total. The summed E-state index contributed by atoms with van der Waals surface area (Å²) in [7, 11) is 0. The van der Waals surface area contributed by atoms with E-state index in [1.165, 1.54) is 81.3 Å². The standard InChI is InChI=1S/C24H35ClN2O/c1-2-3-8-21-9-7-10-22(19-20-11-13-23(25)14-12-20)24(21)26-28-18-17-27-15-5-4-6-16-27/h11-14,19,21H,2-10,15-18H2,1H3/t21-/m0/s1. The van der Waals surface area contributed by atoms with E-state index in [-0.39, 0.29) is 0 Å². The SMILES string of the molecule is CCCC[C@H]1CCCC(=Cc2ccc(Cl)cc2)C1=NOCCN1CCCCC1. The molecule has 1 aromatic rings. The van der Waals surface area contributed by atoms with Crippen LogP contribution in [0.5, 0.6) is 0 Å². The molecule has 1 aromatic carbocycles. The van der Waals surface area contributed by atoms with Crippen molar-refractivity contribution in [2.24, 2.45) is 11.1 Å². The fourth-order valence-electron chi connectivity index (χ4n) is 4.31. The summed E-state index contributed by atoms with van der Waals surface area (Å²) >= 11 is 6.04. The molecule has 1 aliphatic heterocycles. The highest BCUT2D eigenvalue weighted by molar-refractivity contribution is 6.30. The van der Waals surface area contributed by atoms with E-state index in [2.05, 4.69) is 30.0 Å². The molecule has 154 valence electrons. The summed E-state index contributed by atoms with van der Waals surface area (Å²) < 4.78 is 0. The number of hydrogen-bond acceptors (Lipinski definition) is 3. The highest BCUT2D eigenvalue weighted by Crippen LogP contribution is 2.31. The highest BCUT2D eigenvalue weighted by Gasteiger charge is 2.25. The van der Waals surface area contributed by atoms with E-state index >= 15 is 0 Å². The van der Waals surface area contributed by atoms with Crippen LogP contribution in [0.1, 0.15) is 70.3 Å². The number of halogens is 1. The number of unbranched alkanes of at least 4 members (excludes halogenated alkanes) is 1. The molecule has 2 fully saturated rings. The van der Waals surface area contributed by atoms with Crippen LogP contribution < -0.4 is 0 Å². The van der Waals surface area contributed by atoms with Crippen molar-refractivity contribution in [3.8, 4) is 0 Å². The number of oxime groups is 1. The van der Waals surface area contributed by atoms with E-state index in [1.54, 1.807) is 0 Å². The maximum absolute atomic E-state index is 6.04. The first-order valence-corrected chi connectivity index (χ1v) is 11.5. The van der Waals surface area contributed by atoms with E-state index in [0.29, 0.717) is 12.5 Å². The van der Waals surface area contributed by atoms with E-state index in [0.717, 1.165) is 18.0 Å². The molecule has 0 aromatic heterocycles. The zero-order valence-corrected chi connectivity index (χ0v) is 18.1. The Bertz CT molecular complexity index is 647. The fourth-order valence-corrected chi connectivity index (χ4v) is 4.43. The normalized spacial score (nSPS) is 24.0. The van der Waals surface area contributed by atoms with Crippen molar-refractivity contribution in [3.63, 3.8) is 0 Å². The van der Waals surface area contributed by atoms with Gasteiger partial charge in [-0.2, -0.15) is 0 Å². The van der Waals surface area contributed by atoms with E-state index < -0.39 is 0 Å². The first-order valence-electron chi connectivity index (χ1n) is 11.1. The van der Waals surface area contributed by atoms with E-state index in [1.807, 2.05) is 12.1 Å². The predicted octanol–water partition coefficient (Wildman–Crippen LogP) is 6.57. The number of rotatable bonds is 8. The van der Waals surface area contributed by atoms with Crippen molar-refractivity contribution in [1.82, 2.24) is 4.90 Å². The summed E-state index contributed by atoms with van der Waals surface area (Å²) in [5.74, 6) is 0.530. The first-order chi connectivity index (χ1) is 13.8. The van der Waals surface area contributed by atoms with Crippen LogP contribution in [0.3, 0.4) is 0 Å². The molecule has 0 N–H and O–H groups in total. The van der Waals surface area contributed by atoms with Crippen molar-refractivity contribution >= 4 is 23.4 Å². The van der Waals surface area contributed by atoms with Gasteiger partial charge in [0.15, 0.2) is 0 Å². The molecule has 1 aliphatic carbocycles. The van der Waals surface area contributed by atoms with Crippen LogP contribution in [0.25, 0.3) is 6.08 Å². The fraction of sp³-hybridized carbons (Fsp3) is 0.625. The summed E-state index contributed by atoms with van der Waals surface area (Å²) in [6.45, 7) is 6.37. The van der Waals surface area contributed by atoms with Gasteiger partial charge in [-0.25, -0.2) is 0 Å². The third-order valence-electron chi connectivity index (χ3n) is 5.94. The number of hydrogen-bond donors (Lipinski definition) is 0. The summed E-state index contributed by atoms with van der Waals surface area (Å²) in [6.07, 6.45) is 13.5. The van der Waals surface area contributed by atoms with Crippen LogP contribution >= 0.6 is 11.6 Å². The minimum atomic E-state index is 0.530. The largest absolute Gasteiger partial charge is 0.394 e. The minimum absolute atomic E-state index is 0.530. The van der Waals surface area contributed by atoms with Crippen LogP contribution in [0.4, 0.5) is 0 Å². The molecule has 0 spiro atoms. The van der Waals surface area contributed by atoms with Gasteiger partial charge in [-0.15, -0.1) is 0 Å². The lowest BCUT2D eigenvalue weighted by Crippen LogP contribution is -2.32. The average Bonchev–Trinajstić information content (AvgIpc) is 2.73. The molecule has 1 saturated heterocycles. The van der Waals surface area contributed by atoms with Gasteiger partial charge >= 0.3 is 0 Å². The molecule has 0 unspecified atom stereocenters. The zero-order chi connectivity index (χ0) is 19.6. The Hall–Kier alpha value is -1.32. The molecular weight excluding hydrogens is 368 g/mol. The van der Waals surface area contributed by atoms with Crippen molar-refractivity contribution in [3.05, 3.63) is 40.4 Å². The summed E-state index contributed by atoms with van der Waals surface area (Å²) in [4.78, 5) is 8.36. The van der Waals surface area contributed by atoms with Crippen LogP contribution in [0, 0.1) is 5.92 Å². The van der Waals surface area contributed by atoms with Gasteiger partial charge in [-0.05, 0) is 81.0 Å². The number of allylic oxidation sites excluding steroid dienone is 1. The summed E-state index contributed by atoms with van der Waals surface area (Å²) in [5, 5.41) is 5.47. The third-order valence-corrected chi connectivity index (χ3v) is 6.19. The van der Waals surface area contributed by atoms with Crippen LogP contribution in [0.15, 0.2) is 35.0 Å². The molecule has 1 heterocycles. The van der Waals surface area contributed by atoms with Gasteiger partial charge in [0.25, 0.3) is 0 Å². The Morgan fingerprint density at radius 3 is 2.68 bits per heavy atom. The van der Waals surface area contributed by atoms with Gasteiger partial charge in [0.1, 0.15) is 6.61 Å². The molecule has 28 heavy (non-hydrogen) atoms. The van der Waals surface area contributed by atoms with Crippen LogP contribution in [-0.4, -0.2) is 36.9 Å². The highest BCUT2D eigenvalue weighted by atomic mass is 35.5. The predicted molar refractivity (Wildman–Crippen MR) is 120 cm³/mol. The molecule has 2 aliphatic rings. The average molecular weight is 403 g/mol. The van der Waals surface area contributed by atoms with Gasteiger partial charge in [-0.1, -0.05) is 55.1 Å². The van der Waals surface area contributed by atoms with Gasteiger partial charge in [0, 0.05) is 17.5 Å². The van der Waals surface area contributed by atoms with Gasteiger partial charge in [0.05, 0.1) is 5.71 Å². The molecule has 1 saturated carbocycles. The lowest BCUT2D eigenvalue weighted by molar-refractivity contribution is 0.101. The van der Waals surface area contributed by atoms with Crippen LogP contribution in [-0.2, 0) is 4.84 Å². The molecule has 0 amide bonds. The molecule has 3 rings (SSSR count). The molecular formula is C24H35ClN2O. The molecule has 0 radical (unpaired) electrons. The minimum Gasteiger partial charge on any atom is -0.394 e. The van der Waals surface area contributed by atoms with Gasteiger partial charge in [0.2, 0.25) is 0 Å². The van der Waals surface area contributed by atoms with Crippen molar-refractivity contribution in [2.45, 2.75) is 64.7 Å². The summed E-state index contributed by atoms with van der Waals surface area (Å²) in [6, 6.07) is 8.08. The molecule has 1 atom stereocenters. The number of nitrogens with zero attached hydrogens (tertiary/aromatic N) is 2. The molecule has 4 heteroatoms. The second-order valence-electron chi connectivity index (χ2n) is 8.16. The van der Waals surface area contributed by atoms with Gasteiger partial charge in [-0.3, -0.25) is 4.90 Å². The smallest absolute Gasteiger partial charge is 0.129 e. The maximum Gasteiger partial charge on any atom is 0.129 e. The number of benzene rings is 1. The monoisotopic (exact) mass is 402 g/mol. The lowest BCUT2D eigenvalue weighted by atomic mass is 9.80. The van der Waals surface area contributed by atoms with E-state index in [4.69, 9.17) is 21.6 Å². The Balaban J connectivity index is 1.67. The quantitative estimate of drug-likeness (QED) is 0.362.